The summed E-state index contributed by atoms with van der Waals surface area (Å²) < 4.78 is 0.597. The van der Waals surface area contributed by atoms with Crippen molar-refractivity contribution in [2.45, 2.75) is 25.7 Å². The van der Waals surface area contributed by atoms with Gasteiger partial charge in [0.15, 0.2) is 0 Å². The number of rotatable bonds is 5. The predicted octanol–water partition coefficient (Wildman–Crippen LogP) is 4.67. The molecule has 1 N–H and O–H groups in total. The number of hydrogen-bond acceptors (Lipinski definition) is 8. The second-order valence-electron chi connectivity index (χ2n) is 8.83. The predicted molar refractivity (Wildman–Crippen MR) is 140 cm³/mol. The van der Waals surface area contributed by atoms with Gasteiger partial charge in [-0.1, -0.05) is 11.6 Å². The molecule has 0 unspecified atom stereocenters. The fraction of sp³-hybridized carbons (Fsp3) is 0.375. The van der Waals surface area contributed by atoms with Crippen molar-refractivity contribution < 1.29 is 14.5 Å². The molecule has 3 heterocycles. The summed E-state index contributed by atoms with van der Waals surface area (Å²) in [5.41, 5.74) is 1.64. The highest BCUT2D eigenvalue weighted by Crippen LogP contribution is 2.39. The number of nitriles is 1. The number of anilines is 1. The monoisotopic (exact) mass is 543 g/mol. The molecule has 5 rings (SSSR count). The van der Waals surface area contributed by atoms with E-state index in [1.165, 1.54) is 28.3 Å². The number of thiophene rings is 2. The lowest BCUT2D eigenvalue weighted by atomic mass is 9.96. The molecule has 0 spiro atoms. The van der Waals surface area contributed by atoms with Crippen molar-refractivity contribution in [3.8, 4) is 6.07 Å². The highest BCUT2D eigenvalue weighted by atomic mass is 35.5. The fourth-order valence-corrected chi connectivity index (χ4v) is 7.47. The summed E-state index contributed by atoms with van der Waals surface area (Å²) in [6.45, 7) is 2.11. The van der Waals surface area contributed by atoms with Gasteiger partial charge in [-0.2, -0.15) is 5.26 Å². The van der Waals surface area contributed by atoms with E-state index in [4.69, 9.17) is 11.6 Å². The van der Waals surface area contributed by atoms with Gasteiger partial charge in [0.1, 0.15) is 15.9 Å². The molecule has 0 saturated carbocycles. The van der Waals surface area contributed by atoms with E-state index in [-0.39, 0.29) is 24.0 Å². The average Bonchev–Trinajstić information content (AvgIpc) is 3.40. The van der Waals surface area contributed by atoms with E-state index in [0.717, 1.165) is 42.6 Å². The average molecular weight is 544 g/mol. The largest absolute Gasteiger partial charge is 0.335 e. The number of aryl methyl sites for hydroxylation is 1. The Morgan fingerprint density at radius 3 is 2.64 bits per heavy atom. The van der Waals surface area contributed by atoms with Crippen molar-refractivity contribution >= 4 is 66.9 Å². The van der Waals surface area contributed by atoms with Crippen LogP contribution in [-0.2, 0) is 17.6 Å². The van der Waals surface area contributed by atoms with Crippen molar-refractivity contribution in [2.24, 2.45) is 0 Å². The van der Waals surface area contributed by atoms with Gasteiger partial charge in [-0.15, -0.1) is 22.7 Å². The first-order valence-corrected chi connectivity index (χ1v) is 13.6. The summed E-state index contributed by atoms with van der Waals surface area (Å²) in [4.78, 5) is 41.7. The molecule has 36 heavy (non-hydrogen) atoms. The van der Waals surface area contributed by atoms with Gasteiger partial charge < -0.3 is 10.2 Å². The number of carbonyl (C=O) groups excluding carboxylic acids is 2. The number of nitrogens with one attached hydrogen (secondary N) is 1. The maximum absolute atomic E-state index is 13.1. The molecule has 0 radical (unpaired) electrons. The molecule has 186 valence electrons. The molecule has 3 aromatic rings. The fourth-order valence-electron chi connectivity index (χ4n) is 4.70. The number of piperazine rings is 1. The summed E-state index contributed by atoms with van der Waals surface area (Å²) >= 11 is 9.11. The van der Waals surface area contributed by atoms with E-state index in [1.54, 1.807) is 11.0 Å². The number of halogens is 1. The van der Waals surface area contributed by atoms with Crippen LogP contribution >= 0.6 is 34.3 Å². The van der Waals surface area contributed by atoms with Gasteiger partial charge in [-0.3, -0.25) is 24.6 Å². The highest BCUT2D eigenvalue weighted by Gasteiger charge is 2.28. The Morgan fingerprint density at radius 1 is 1.17 bits per heavy atom. The summed E-state index contributed by atoms with van der Waals surface area (Å²) in [5, 5.41) is 25.2. The van der Waals surface area contributed by atoms with Crippen molar-refractivity contribution in [2.75, 3.05) is 38.0 Å². The Bertz CT molecular complexity index is 1420. The lowest BCUT2D eigenvalue weighted by Crippen LogP contribution is -2.50. The number of hydrogen-bond donors (Lipinski definition) is 1. The standard InChI is InChI=1S/C24H22ClN5O4S2/c25-21-16-6-5-14(30(33)34)11-19(16)35-22(21)24(32)29-9-7-28(8-10-29)13-20(31)27-23-17(12-26)15-3-1-2-4-18(15)36-23/h5-6,11H,1-4,7-10,13H2,(H,27,31). The van der Waals surface area contributed by atoms with Crippen LogP contribution in [0.5, 0.6) is 0 Å². The van der Waals surface area contributed by atoms with Crippen LogP contribution in [-0.4, -0.2) is 59.3 Å². The first-order valence-electron chi connectivity index (χ1n) is 11.6. The third kappa shape index (κ3) is 4.69. The third-order valence-corrected chi connectivity index (χ3v) is 9.43. The molecule has 1 aliphatic carbocycles. The van der Waals surface area contributed by atoms with Gasteiger partial charge >= 0.3 is 0 Å². The van der Waals surface area contributed by atoms with Crippen LogP contribution in [0.2, 0.25) is 5.02 Å². The Morgan fingerprint density at radius 2 is 1.92 bits per heavy atom. The van der Waals surface area contributed by atoms with Crippen LogP contribution < -0.4 is 5.32 Å². The Hall–Kier alpha value is -3.04. The molecule has 1 aliphatic heterocycles. The van der Waals surface area contributed by atoms with Crippen molar-refractivity contribution in [1.29, 1.82) is 5.26 Å². The Balaban J connectivity index is 1.20. The SMILES string of the molecule is N#Cc1c(NC(=O)CN2CCN(C(=O)c3sc4cc([N+](=O)[O-])ccc4c3Cl)CC2)sc2c1CCCC2. The molecule has 1 aromatic carbocycles. The number of amides is 2. The Labute approximate surface area is 220 Å². The van der Waals surface area contributed by atoms with Gasteiger partial charge in [0.25, 0.3) is 11.6 Å². The van der Waals surface area contributed by atoms with Gasteiger partial charge in [-0.25, -0.2) is 0 Å². The summed E-state index contributed by atoms with van der Waals surface area (Å²) in [7, 11) is 0. The molecule has 0 atom stereocenters. The molecule has 0 bridgehead atoms. The van der Waals surface area contributed by atoms with Crippen LogP contribution in [0, 0.1) is 21.4 Å². The maximum Gasteiger partial charge on any atom is 0.270 e. The normalized spacial score (nSPS) is 15.9. The van der Waals surface area contributed by atoms with Crippen molar-refractivity contribution in [1.82, 2.24) is 9.80 Å². The Kier molecular flexibility index (Phi) is 6.94. The van der Waals surface area contributed by atoms with Crippen molar-refractivity contribution in [3.63, 3.8) is 0 Å². The van der Waals surface area contributed by atoms with E-state index in [1.807, 2.05) is 4.90 Å². The van der Waals surface area contributed by atoms with Gasteiger partial charge in [0.05, 0.1) is 22.1 Å². The zero-order chi connectivity index (χ0) is 25.4. The molecular weight excluding hydrogens is 522 g/mol. The first kappa shape index (κ1) is 24.6. The topological polar surface area (TPSA) is 120 Å². The van der Waals surface area contributed by atoms with Gasteiger partial charge in [0.2, 0.25) is 5.91 Å². The number of non-ortho nitro benzene ring substituents is 1. The number of nitro groups is 1. The number of nitro benzene ring substituents is 1. The lowest BCUT2D eigenvalue weighted by Gasteiger charge is -2.34. The van der Waals surface area contributed by atoms with Crippen LogP contribution in [0.3, 0.4) is 0 Å². The smallest absolute Gasteiger partial charge is 0.270 e. The highest BCUT2D eigenvalue weighted by molar-refractivity contribution is 7.21. The van der Waals surface area contributed by atoms with E-state index >= 15 is 0 Å². The minimum absolute atomic E-state index is 0.0454. The number of carbonyl (C=O) groups is 2. The minimum atomic E-state index is -0.474. The number of fused-ring (bicyclic) bond motifs is 2. The lowest BCUT2D eigenvalue weighted by molar-refractivity contribution is -0.384. The minimum Gasteiger partial charge on any atom is -0.335 e. The first-order chi connectivity index (χ1) is 17.4. The second kappa shape index (κ2) is 10.1. The molecule has 1 fully saturated rings. The summed E-state index contributed by atoms with van der Waals surface area (Å²) in [5.74, 6) is -0.380. The van der Waals surface area contributed by atoms with E-state index in [2.05, 4.69) is 11.4 Å². The van der Waals surface area contributed by atoms with Crippen LogP contribution in [0.4, 0.5) is 10.7 Å². The van der Waals surface area contributed by atoms with Crippen LogP contribution in [0.25, 0.3) is 10.1 Å². The molecule has 9 nitrogen and oxygen atoms in total. The third-order valence-electron chi connectivity index (χ3n) is 6.58. The van der Waals surface area contributed by atoms with Crippen molar-refractivity contribution in [3.05, 3.63) is 54.2 Å². The van der Waals surface area contributed by atoms with Gasteiger partial charge in [0, 0.05) is 53.3 Å². The van der Waals surface area contributed by atoms with E-state index in [0.29, 0.717) is 56.7 Å². The zero-order valence-electron chi connectivity index (χ0n) is 19.2. The zero-order valence-corrected chi connectivity index (χ0v) is 21.6. The number of nitrogens with zero attached hydrogens (tertiary/aromatic N) is 4. The molecule has 1 saturated heterocycles. The quantitative estimate of drug-likeness (QED) is 0.369. The van der Waals surface area contributed by atoms with Crippen LogP contribution in [0.1, 0.15) is 38.5 Å². The molecular formula is C24H22ClN5O4S2. The van der Waals surface area contributed by atoms with Gasteiger partial charge in [-0.05, 0) is 37.3 Å². The summed E-state index contributed by atoms with van der Waals surface area (Å²) in [6.07, 6.45) is 4.03. The van der Waals surface area contributed by atoms with Crippen LogP contribution in [0.15, 0.2) is 18.2 Å². The molecule has 2 aliphatic rings. The summed E-state index contributed by atoms with van der Waals surface area (Å²) in [6, 6.07) is 6.65. The molecule has 2 amide bonds. The maximum atomic E-state index is 13.1. The molecule has 12 heteroatoms. The van der Waals surface area contributed by atoms with E-state index < -0.39 is 4.92 Å². The number of benzene rings is 1. The molecule has 2 aromatic heterocycles. The van der Waals surface area contributed by atoms with E-state index in [9.17, 15) is 25.0 Å². The second-order valence-corrected chi connectivity index (χ2v) is 11.4.